The minimum absolute atomic E-state index is 0.450. The molecule has 5 rings (SSSR count). The highest BCUT2D eigenvalue weighted by Crippen LogP contribution is 2.32. The van der Waals surface area contributed by atoms with Crippen LogP contribution in [0.5, 0.6) is 5.75 Å². The van der Waals surface area contributed by atoms with Crippen LogP contribution in [0.3, 0.4) is 0 Å². The molecule has 3 aromatic carbocycles. The lowest BCUT2D eigenvalue weighted by atomic mass is 10.00. The lowest BCUT2D eigenvalue weighted by Gasteiger charge is -2.35. The lowest BCUT2D eigenvalue weighted by Crippen LogP contribution is -2.44. The standard InChI is InChI=1S/C26H27N3O2/c1-30-24-9-5-8-23(18-24)21-10-12-22(13-11-21)25-27-26(31-28-25)14-16-29(17-15-26)19-20-6-3-2-4-7-20/h2-13,18H,14-17,19H2,1H3,(H,27,28). The molecule has 2 aliphatic rings. The first-order chi connectivity index (χ1) is 15.2. The van der Waals surface area contributed by atoms with Crippen molar-refractivity contribution in [1.82, 2.24) is 10.4 Å². The maximum absolute atomic E-state index is 6.00. The average Bonchev–Trinajstić information content (AvgIpc) is 3.25. The molecular weight excluding hydrogens is 386 g/mol. The Morgan fingerprint density at radius 1 is 0.903 bits per heavy atom. The van der Waals surface area contributed by atoms with Gasteiger partial charge in [0.25, 0.3) is 0 Å². The number of rotatable bonds is 5. The van der Waals surface area contributed by atoms with Crippen molar-refractivity contribution >= 4 is 5.84 Å². The number of likely N-dealkylation sites (tertiary alicyclic amines) is 1. The molecule has 0 atom stereocenters. The zero-order valence-electron chi connectivity index (χ0n) is 17.8. The zero-order valence-corrected chi connectivity index (χ0v) is 17.8. The molecular formula is C26H27N3O2. The summed E-state index contributed by atoms with van der Waals surface area (Å²) in [7, 11) is 1.69. The molecule has 158 valence electrons. The van der Waals surface area contributed by atoms with Crippen molar-refractivity contribution < 1.29 is 9.57 Å². The molecule has 0 unspecified atom stereocenters. The summed E-state index contributed by atoms with van der Waals surface area (Å²) in [4.78, 5) is 13.4. The number of ether oxygens (including phenoxy) is 1. The van der Waals surface area contributed by atoms with Gasteiger partial charge in [-0.25, -0.2) is 15.3 Å². The number of aliphatic imine (C=N–C) groups is 1. The monoisotopic (exact) mass is 413 g/mol. The van der Waals surface area contributed by atoms with E-state index in [0.717, 1.165) is 60.8 Å². The van der Waals surface area contributed by atoms with E-state index in [0.29, 0.717) is 0 Å². The Bertz CT molecular complexity index is 1060. The third-order valence-electron chi connectivity index (χ3n) is 6.10. The third-order valence-corrected chi connectivity index (χ3v) is 6.10. The number of benzene rings is 3. The molecule has 0 aromatic heterocycles. The Hall–Kier alpha value is -3.15. The van der Waals surface area contributed by atoms with Crippen LogP contribution in [-0.2, 0) is 11.4 Å². The number of amidine groups is 1. The van der Waals surface area contributed by atoms with Crippen molar-refractivity contribution in [2.75, 3.05) is 20.2 Å². The summed E-state index contributed by atoms with van der Waals surface area (Å²) in [6, 6.07) is 27.1. The van der Waals surface area contributed by atoms with Crippen LogP contribution in [0.1, 0.15) is 24.0 Å². The number of piperidine rings is 1. The van der Waals surface area contributed by atoms with Gasteiger partial charge in [-0.05, 0) is 28.8 Å². The number of nitrogens with zero attached hydrogens (tertiary/aromatic N) is 2. The van der Waals surface area contributed by atoms with Crippen LogP contribution in [0.15, 0.2) is 83.9 Å². The normalized spacial score (nSPS) is 17.9. The van der Waals surface area contributed by atoms with Gasteiger partial charge in [0.15, 0.2) is 11.6 Å². The fourth-order valence-corrected chi connectivity index (χ4v) is 4.26. The minimum atomic E-state index is -0.450. The molecule has 5 heteroatoms. The number of methoxy groups -OCH3 is 1. The SMILES string of the molecule is COc1cccc(-c2ccc(C3=NC4(CCN(Cc5ccccc5)CC4)ON3)cc2)c1. The molecule has 2 aliphatic heterocycles. The van der Waals surface area contributed by atoms with Gasteiger partial charge in [-0.1, -0.05) is 66.7 Å². The smallest absolute Gasteiger partial charge is 0.190 e. The molecule has 1 fully saturated rings. The van der Waals surface area contributed by atoms with E-state index in [4.69, 9.17) is 14.6 Å². The quantitative estimate of drug-likeness (QED) is 0.662. The molecule has 3 aromatic rings. The summed E-state index contributed by atoms with van der Waals surface area (Å²) < 4.78 is 5.34. The largest absolute Gasteiger partial charge is 0.497 e. The van der Waals surface area contributed by atoms with E-state index in [2.05, 4.69) is 71.0 Å². The molecule has 0 aliphatic carbocycles. The second kappa shape index (κ2) is 8.53. The zero-order chi connectivity index (χ0) is 21.1. The highest BCUT2D eigenvalue weighted by atomic mass is 16.7. The number of nitrogens with one attached hydrogen (secondary N) is 1. The molecule has 2 heterocycles. The Morgan fingerprint density at radius 3 is 2.39 bits per heavy atom. The van der Waals surface area contributed by atoms with Gasteiger partial charge in [0.2, 0.25) is 0 Å². The molecule has 31 heavy (non-hydrogen) atoms. The predicted octanol–water partition coefficient (Wildman–Crippen LogP) is 4.64. The van der Waals surface area contributed by atoms with E-state index in [-0.39, 0.29) is 0 Å². The van der Waals surface area contributed by atoms with E-state index >= 15 is 0 Å². The van der Waals surface area contributed by atoms with Crippen LogP contribution in [0, 0.1) is 0 Å². The second-order valence-electron chi connectivity index (χ2n) is 8.18. The summed E-state index contributed by atoms with van der Waals surface area (Å²) in [5, 5.41) is 0. The number of hydroxylamine groups is 1. The lowest BCUT2D eigenvalue weighted by molar-refractivity contribution is -0.0901. The van der Waals surface area contributed by atoms with E-state index in [1.165, 1.54) is 5.56 Å². The fourth-order valence-electron chi connectivity index (χ4n) is 4.26. The predicted molar refractivity (Wildman–Crippen MR) is 123 cm³/mol. The first-order valence-electron chi connectivity index (χ1n) is 10.8. The van der Waals surface area contributed by atoms with Crippen LogP contribution in [0.4, 0.5) is 0 Å². The molecule has 0 bridgehead atoms. The Kier molecular flexibility index (Phi) is 5.45. The van der Waals surface area contributed by atoms with E-state index < -0.39 is 5.72 Å². The van der Waals surface area contributed by atoms with Crippen molar-refractivity contribution in [2.45, 2.75) is 25.1 Å². The summed E-state index contributed by atoms with van der Waals surface area (Å²) in [6.07, 6.45) is 1.77. The van der Waals surface area contributed by atoms with Gasteiger partial charge in [-0.15, -0.1) is 0 Å². The van der Waals surface area contributed by atoms with Gasteiger partial charge in [-0.2, -0.15) is 0 Å². The molecule has 0 radical (unpaired) electrons. The van der Waals surface area contributed by atoms with Gasteiger partial charge in [0.1, 0.15) is 5.75 Å². The summed E-state index contributed by atoms with van der Waals surface area (Å²) in [6.45, 7) is 2.93. The Morgan fingerprint density at radius 2 is 1.65 bits per heavy atom. The van der Waals surface area contributed by atoms with Crippen LogP contribution in [-0.4, -0.2) is 36.7 Å². The third kappa shape index (κ3) is 4.33. The first-order valence-corrected chi connectivity index (χ1v) is 10.8. The van der Waals surface area contributed by atoms with E-state index in [1.54, 1.807) is 7.11 Å². The van der Waals surface area contributed by atoms with Crippen LogP contribution in [0.2, 0.25) is 0 Å². The summed E-state index contributed by atoms with van der Waals surface area (Å²) in [5.41, 5.74) is 7.30. The van der Waals surface area contributed by atoms with Gasteiger partial charge in [0, 0.05) is 38.0 Å². The first kappa shape index (κ1) is 19.8. The molecule has 5 nitrogen and oxygen atoms in total. The van der Waals surface area contributed by atoms with Crippen molar-refractivity contribution in [3.8, 4) is 16.9 Å². The van der Waals surface area contributed by atoms with Crippen molar-refractivity contribution in [2.24, 2.45) is 4.99 Å². The molecule has 1 N–H and O–H groups in total. The molecule has 1 spiro atoms. The van der Waals surface area contributed by atoms with Crippen LogP contribution < -0.4 is 10.2 Å². The number of hydrogen-bond donors (Lipinski definition) is 1. The second-order valence-corrected chi connectivity index (χ2v) is 8.18. The maximum Gasteiger partial charge on any atom is 0.190 e. The number of hydrogen-bond acceptors (Lipinski definition) is 5. The molecule has 0 saturated carbocycles. The van der Waals surface area contributed by atoms with Crippen LogP contribution >= 0.6 is 0 Å². The molecule has 1 saturated heterocycles. The van der Waals surface area contributed by atoms with Crippen LogP contribution in [0.25, 0.3) is 11.1 Å². The minimum Gasteiger partial charge on any atom is -0.497 e. The van der Waals surface area contributed by atoms with Crippen molar-refractivity contribution in [3.63, 3.8) is 0 Å². The van der Waals surface area contributed by atoms with Gasteiger partial charge in [0.05, 0.1) is 7.11 Å². The molecule has 0 amide bonds. The Labute approximate surface area is 183 Å². The topological polar surface area (TPSA) is 46.1 Å². The van der Waals surface area contributed by atoms with Crippen molar-refractivity contribution in [3.05, 3.63) is 90.0 Å². The van der Waals surface area contributed by atoms with Gasteiger partial charge in [-0.3, -0.25) is 4.90 Å². The van der Waals surface area contributed by atoms with Gasteiger partial charge >= 0.3 is 0 Å². The van der Waals surface area contributed by atoms with E-state index in [9.17, 15) is 0 Å². The Balaban J connectivity index is 1.25. The fraction of sp³-hybridized carbons (Fsp3) is 0.269. The average molecular weight is 414 g/mol. The summed E-state index contributed by atoms with van der Waals surface area (Å²) >= 11 is 0. The van der Waals surface area contributed by atoms with E-state index in [1.807, 2.05) is 18.2 Å². The highest BCUT2D eigenvalue weighted by Gasteiger charge is 2.40. The van der Waals surface area contributed by atoms with Gasteiger partial charge < -0.3 is 4.74 Å². The maximum atomic E-state index is 6.00. The summed E-state index contributed by atoms with van der Waals surface area (Å²) in [5.74, 6) is 1.67. The van der Waals surface area contributed by atoms with Crippen molar-refractivity contribution in [1.29, 1.82) is 0 Å². The highest BCUT2D eigenvalue weighted by molar-refractivity contribution is 5.99.